The van der Waals surface area contributed by atoms with Crippen molar-refractivity contribution in [2.24, 2.45) is 5.73 Å². The van der Waals surface area contributed by atoms with Gasteiger partial charge >= 0.3 is 0 Å². The first kappa shape index (κ1) is 21.0. The summed E-state index contributed by atoms with van der Waals surface area (Å²) in [5.74, 6) is -1.03. The Balaban J connectivity index is 1.53. The van der Waals surface area contributed by atoms with Gasteiger partial charge in [0.25, 0.3) is 5.91 Å². The fourth-order valence-electron chi connectivity index (χ4n) is 4.36. The molecule has 7 nitrogen and oxygen atoms in total. The number of nitrogens with zero attached hydrogens (tertiary/aromatic N) is 4. The summed E-state index contributed by atoms with van der Waals surface area (Å²) >= 11 is 0. The Bertz CT molecular complexity index is 1160. The Labute approximate surface area is 180 Å². The van der Waals surface area contributed by atoms with Crippen LogP contribution >= 0.6 is 0 Å². The molecule has 162 valence electrons. The highest BCUT2D eigenvalue weighted by Gasteiger charge is 2.28. The van der Waals surface area contributed by atoms with Gasteiger partial charge in [-0.25, -0.2) is 4.39 Å². The molecule has 2 N–H and O–H groups in total. The molecule has 3 aromatic rings. The highest BCUT2D eigenvalue weighted by atomic mass is 19.1. The standard InChI is InChI=1S/C23H26FN5O2/c1-14-10-15(2)29(27-14)9-7-21(30)28-8-3-4-16(13-28)22-19(23(25)31)12-17-11-18(24)5-6-20(17)26-22/h5-6,10-12,16H,3-4,7-9,13H2,1-2H3,(H2,25,31). The molecule has 1 saturated heterocycles. The van der Waals surface area contributed by atoms with Crippen molar-refractivity contribution >= 4 is 22.7 Å². The van der Waals surface area contributed by atoms with Gasteiger partial charge in [-0.3, -0.25) is 19.3 Å². The predicted molar refractivity (Wildman–Crippen MR) is 115 cm³/mol. The molecule has 0 radical (unpaired) electrons. The van der Waals surface area contributed by atoms with E-state index in [1.165, 1.54) is 12.1 Å². The quantitative estimate of drug-likeness (QED) is 0.682. The van der Waals surface area contributed by atoms with Gasteiger partial charge in [0, 0.05) is 43.1 Å². The zero-order chi connectivity index (χ0) is 22.1. The summed E-state index contributed by atoms with van der Waals surface area (Å²) in [7, 11) is 0. The molecule has 31 heavy (non-hydrogen) atoms. The van der Waals surface area contributed by atoms with Crippen molar-refractivity contribution in [3.05, 3.63) is 58.8 Å². The first-order chi connectivity index (χ1) is 14.8. The zero-order valence-corrected chi connectivity index (χ0v) is 17.8. The van der Waals surface area contributed by atoms with E-state index in [2.05, 4.69) is 10.1 Å². The van der Waals surface area contributed by atoms with Crippen molar-refractivity contribution in [1.82, 2.24) is 19.7 Å². The number of aryl methyl sites for hydroxylation is 3. The van der Waals surface area contributed by atoms with Crippen LogP contribution < -0.4 is 5.73 Å². The summed E-state index contributed by atoms with van der Waals surface area (Å²) in [6, 6.07) is 7.88. The minimum absolute atomic E-state index is 0.0562. The van der Waals surface area contributed by atoms with Crippen molar-refractivity contribution in [2.75, 3.05) is 13.1 Å². The predicted octanol–water partition coefficient (Wildman–Crippen LogP) is 3.08. The molecule has 3 heterocycles. The maximum atomic E-state index is 13.6. The molecular weight excluding hydrogens is 397 g/mol. The third-order valence-electron chi connectivity index (χ3n) is 5.87. The van der Waals surface area contributed by atoms with E-state index in [1.54, 1.807) is 12.1 Å². The molecule has 1 unspecified atom stereocenters. The van der Waals surface area contributed by atoms with Crippen molar-refractivity contribution < 1.29 is 14.0 Å². The first-order valence-corrected chi connectivity index (χ1v) is 10.5. The molecule has 0 spiro atoms. The minimum atomic E-state index is -0.596. The fraction of sp³-hybridized carbons (Fsp3) is 0.391. The topological polar surface area (TPSA) is 94.1 Å². The van der Waals surface area contributed by atoms with Gasteiger partial charge < -0.3 is 10.6 Å². The van der Waals surface area contributed by atoms with Gasteiger partial charge in [0.1, 0.15) is 5.82 Å². The van der Waals surface area contributed by atoms with Crippen molar-refractivity contribution in [2.45, 2.75) is 45.6 Å². The molecule has 1 atom stereocenters. The maximum Gasteiger partial charge on any atom is 0.250 e. The smallest absolute Gasteiger partial charge is 0.250 e. The second-order valence-corrected chi connectivity index (χ2v) is 8.20. The Morgan fingerprint density at radius 2 is 2.03 bits per heavy atom. The van der Waals surface area contributed by atoms with Gasteiger partial charge in [-0.2, -0.15) is 5.10 Å². The summed E-state index contributed by atoms with van der Waals surface area (Å²) < 4.78 is 15.4. The van der Waals surface area contributed by atoms with E-state index in [0.29, 0.717) is 48.2 Å². The molecule has 0 bridgehead atoms. The third-order valence-corrected chi connectivity index (χ3v) is 5.87. The van der Waals surface area contributed by atoms with E-state index in [9.17, 15) is 14.0 Å². The monoisotopic (exact) mass is 423 g/mol. The van der Waals surface area contributed by atoms with Crippen molar-refractivity contribution in [3.8, 4) is 0 Å². The number of hydrogen-bond donors (Lipinski definition) is 1. The number of amides is 2. The number of primary amides is 1. The number of pyridine rings is 1. The second kappa shape index (κ2) is 8.45. The van der Waals surface area contributed by atoms with Gasteiger partial charge in [-0.15, -0.1) is 0 Å². The highest BCUT2D eigenvalue weighted by Crippen LogP contribution is 2.30. The lowest BCUT2D eigenvalue weighted by atomic mass is 9.90. The first-order valence-electron chi connectivity index (χ1n) is 10.5. The number of aromatic nitrogens is 3. The van der Waals surface area contributed by atoms with Crippen molar-refractivity contribution in [3.63, 3.8) is 0 Å². The molecule has 2 aromatic heterocycles. The Kier molecular flexibility index (Phi) is 5.71. The van der Waals surface area contributed by atoms with Crippen LogP contribution in [0.5, 0.6) is 0 Å². The Morgan fingerprint density at radius 1 is 1.23 bits per heavy atom. The molecular formula is C23H26FN5O2. The van der Waals surface area contributed by atoms with E-state index < -0.39 is 11.7 Å². The number of nitrogens with two attached hydrogens (primary N) is 1. The maximum absolute atomic E-state index is 13.6. The number of carbonyl (C=O) groups excluding carboxylic acids is 2. The lowest BCUT2D eigenvalue weighted by molar-refractivity contribution is -0.132. The molecule has 4 rings (SSSR count). The molecule has 1 aromatic carbocycles. The van der Waals surface area contributed by atoms with Crippen LogP contribution in [0.4, 0.5) is 4.39 Å². The van der Waals surface area contributed by atoms with Crippen LogP contribution in [0.1, 0.15) is 52.6 Å². The van der Waals surface area contributed by atoms with E-state index in [4.69, 9.17) is 5.73 Å². The van der Waals surface area contributed by atoms with E-state index in [0.717, 1.165) is 24.2 Å². The van der Waals surface area contributed by atoms with Crippen LogP contribution in [0.15, 0.2) is 30.3 Å². The van der Waals surface area contributed by atoms with Gasteiger partial charge in [0.15, 0.2) is 0 Å². The number of likely N-dealkylation sites (tertiary alicyclic amines) is 1. The molecule has 1 aliphatic heterocycles. The average molecular weight is 423 g/mol. The van der Waals surface area contributed by atoms with Gasteiger partial charge in [-0.1, -0.05) is 0 Å². The summed E-state index contributed by atoms with van der Waals surface area (Å²) in [6.07, 6.45) is 1.99. The van der Waals surface area contributed by atoms with Crippen LogP contribution in [0.2, 0.25) is 0 Å². The molecule has 1 aliphatic rings. The van der Waals surface area contributed by atoms with Gasteiger partial charge in [0.05, 0.1) is 22.5 Å². The SMILES string of the molecule is Cc1cc(C)n(CCC(=O)N2CCCC(c3nc4ccc(F)cc4cc3C(N)=O)C2)n1. The zero-order valence-electron chi connectivity index (χ0n) is 17.8. The second-order valence-electron chi connectivity index (χ2n) is 8.20. The number of carbonyl (C=O) groups is 2. The lowest BCUT2D eigenvalue weighted by Crippen LogP contribution is -2.40. The summed E-state index contributed by atoms with van der Waals surface area (Å²) in [6.45, 7) is 5.60. The number of benzene rings is 1. The van der Waals surface area contributed by atoms with Crippen LogP contribution in [-0.4, -0.2) is 44.6 Å². The Morgan fingerprint density at radius 3 is 2.74 bits per heavy atom. The number of halogens is 1. The summed E-state index contributed by atoms with van der Waals surface area (Å²) in [5, 5.41) is 4.95. The number of hydrogen-bond acceptors (Lipinski definition) is 4. The largest absolute Gasteiger partial charge is 0.366 e. The van der Waals surface area contributed by atoms with E-state index >= 15 is 0 Å². The number of piperidine rings is 1. The van der Waals surface area contributed by atoms with Crippen LogP contribution in [0.3, 0.4) is 0 Å². The molecule has 0 aliphatic carbocycles. The highest BCUT2D eigenvalue weighted by molar-refractivity contribution is 5.97. The molecule has 1 fully saturated rings. The van der Waals surface area contributed by atoms with Crippen LogP contribution in [0, 0.1) is 19.7 Å². The van der Waals surface area contributed by atoms with Gasteiger partial charge in [-0.05, 0) is 57.0 Å². The van der Waals surface area contributed by atoms with E-state index in [-0.39, 0.29) is 11.8 Å². The minimum Gasteiger partial charge on any atom is -0.366 e. The average Bonchev–Trinajstić information content (AvgIpc) is 3.07. The number of fused-ring (bicyclic) bond motifs is 1. The van der Waals surface area contributed by atoms with Gasteiger partial charge in [0.2, 0.25) is 5.91 Å². The lowest BCUT2D eigenvalue weighted by Gasteiger charge is -2.33. The molecule has 2 amide bonds. The van der Waals surface area contributed by atoms with Crippen LogP contribution in [0.25, 0.3) is 10.9 Å². The summed E-state index contributed by atoms with van der Waals surface area (Å²) in [4.78, 5) is 31.4. The molecule has 8 heteroatoms. The summed E-state index contributed by atoms with van der Waals surface area (Å²) in [5.41, 5.74) is 9.06. The molecule has 0 saturated carbocycles. The number of rotatable bonds is 5. The third kappa shape index (κ3) is 4.42. The fourth-order valence-corrected chi connectivity index (χ4v) is 4.36. The van der Waals surface area contributed by atoms with Crippen LogP contribution in [-0.2, 0) is 11.3 Å². The van der Waals surface area contributed by atoms with Crippen molar-refractivity contribution in [1.29, 1.82) is 0 Å². The normalized spacial score (nSPS) is 16.6. The van der Waals surface area contributed by atoms with E-state index in [1.807, 2.05) is 29.5 Å². The Hall–Kier alpha value is -3.29.